The van der Waals surface area contributed by atoms with E-state index in [-0.39, 0.29) is 5.69 Å². The molecule has 0 aromatic carbocycles. The number of carbonyl (C=O) groups excluding carboxylic acids is 1. The second-order valence-corrected chi connectivity index (χ2v) is 7.89. The van der Waals surface area contributed by atoms with E-state index in [1.807, 2.05) is 0 Å². The van der Waals surface area contributed by atoms with Crippen molar-refractivity contribution in [2.24, 2.45) is 7.05 Å². The van der Waals surface area contributed by atoms with Crippen molar-refractivity contribution < 1.29 is 22.4 Å². The van der Waals surface area contributed by atoms with Crippen LogP contribution in [0.4, 0.5) is 17.6 Å². The molecule has 0 spiro atoms. The molecule has 1 fully saturated rings. The second kappa shape index (κ2) is 6.89. The number of aromatic nitrogens is 5. The highest BCUT2D eigenvalue weighted by Gasteiger charge is 2.36. The van der Waals surface area contributed by atoms with Crippen molar-refractivity contribution in [2.45, 2.75) is 43.9 Å². The highest BCUT2D eigenvalue weighted by Crippen LogP contribution is 2.40. The van der Waals surface area contributed by atoms with Crippen LogP contribution in [0.5, 0.6) is 0 Å². The van der Waals surface area contributed by atoms with E-state index in [1.54, 1.807) is 16.8 Å². The number of nitrogens with zero attached hydrogens (tertiary/aromatic N) is 5. The Morgan fingerprint density at radius 1 is 1.16 bits per heavy atom. The molecular formula is C20H18F4N6O. The monoisotopic (exact) mass is 434 g/mol. The fourth-order valence-electron chi connectivity index (χ4n) is 3.87. The number of fused-ring (bicyclic) bond motifs is 1. The van der Waals surface area contributed by atoms with Gasteiger partial charge in [-0.05, 0) is 31.4 Å². The maximum absolute atomic E-state index is 14.4. The standard InChI is InChI=1S/C20H18F4N6O/c1-29-17(8-18(28-29)20(22,23)24)19(31)26-13-4-5-30-16(13)7-15(27-30)11-6-14(10-2-3-10)25-9-12(11)21/h6-10,13H,2-5H2,1H3,(H,26,31). The van der Waals surface area contributed by atoms with Gasteiger partial charge in [-0.1, -0.05) is 0 Å². The Bertz CT molecular complexity index is 1180. The predicted octanol–water partition coefficient (Wildman–Crippen LogP) is 3.59. The Kier molecular flexibility index (Phi) is 4.38. The Balaban J connectivity index is 1.38. The molecule has 1 amide bonds. The van der Waals surface area contributed by atoms with Crippen molar-refractivity contribution >= 4 is 5.91 Å². The van der Waals surface area contributed by atoms with Gasteiger partial charge in [0.2, 0.25) is 0 Å². The van der Waals surface area contributed by atoms with Crippen LogP contribution in [0.15, 0.2) is 24.4 Å². The molecule has 1 unspecified atom stereocenters. The first-order valence-electron chi connectivity index (χ1n) is 9.86. The number of hydrogen-bond donors (Lipinski definition) is 1. The molecule has 1 aliphatic carbocycles. The molecule has 1 atom stereocenters. The van der Waals surface area contributed by atoms with Gasteiger partial charge in [0.05, 0.1) is 23.6 Å². The third-order valence-electron chi connectivity index (χ3n) is 5.65. The first-order chi connectivity index (χ1) is 14.7. The van der Waals surface area contributed by atoms with Crippen molar-refractivity contribution in [1.82, 2.24) is 29.9 Å². The van der Waals surface area contributed by atoms with Crippen LogP contribution in [-0.4, -0.2) is 30.5 Å². The molecule has 1 aliphatic heterocycles. The van der Waals surface area contributed by atoms with Gasteiger partial charge in [0.25, 0.3) is 5.91 Å². The van der Waals surface area contributed by atoms with Gasteiger partial charge in [0, 0.05) is 36.8 Å². The smallest absolute Gasteiger partial charge is 0.342 e. The van der Waals surface area contributed by atoms with Crippen LogP contribution in [0.25, 0.3) is 11.3 Å². The molecule has 2 aliphatic rings. The maximum atomic E-state index is 14.4. The summed E-state index contributed by atoms with van der Waals surface area (Å²) in [4.78, 5) is 16.7. The van der Waals surface area contributed by atoms with Gasteiger partial charge in [-0.2, -0.15) is 23.4 Å². The quantitative estimate of drug-likeness (QED) is 0.637. The van der Waals surface area contributed by atoms with Crippen LogP contribution >= 0.6 is 0 Å². The zero-order valence-electron chi connectivity index (χ0n) is 16.4. The number of rotatable bonds is 4. The SMILES string of the molecule is Cn1nc(C(F)(F)F)cc1C(=O)NC1CCn2nc(-c3cc(C4CC4)ncc3F)cc21. The molecule has 0 bridgehead atoms. The summed E-state index contributed by atoms with van der Waals surface area (Å²) in [5.41, 5.74) is 0.983. The average molecular weight is 434 g/mol. The van der Waals surface area contributed by atoms with Crippen molar-refractivity contribution in [3.8, 4) is 11.3 Å². The van der Waals surface area contributed by atoms with Gasteiger partial charge in [-0.25, -0.2) is 4.39 Å². The average Bonchev–Trinajstić information content (AvgIpc) is 3.18. The van der Waals surface area contributed by atoms with Crippen LogP contribution < -0.4 is 5.32 Å². The predicted molar refractivity (Wildman–Crippen MR) is 100 cm³/mol. The molecule has 4 heterocycles. The summed E-state index contributed by atoms with van der Waals surface area (Å²) in [5, 5.41) is 10.6. The van der Waals surface area contributed by atoms with E-state index in [0.29, 0.717) is 35.8 Å². The van der Waals surface area contributed by atoms with Gasteiger partial charge in [0.15, 0.2) is 11.5 Å². The molecule has 162 valence electrons. The van der Waals surface area contributed by atoms with Gasteiger partial charge in [0.1, 0.15) is 5.69 Å². The zero-order chi connectivity index (χ0) is 21.9. The summed E-state index contributed by atoms with van der Waals surface area (Å²) >= 11 is 0. The number of carbonyl (C=O) groups is 1. The molecular weight excluding hydrogens is 416 g/mol. The molecule has 5 rings (SSSR count). The van der Waals surface area contributed by atoms with Crippen LogP contribution in [0, 0.1) is 5.82 Å². The summed E-state index contributed by atoms with van der Waals surface area (Å²) in [7, 11) is 1.28. The number of hydrogen-bond acceptors (Lipinski definition) is 4. The Labute approximate surface area is 174 Å². The van der Waals surface area contributed by atoms with E-state index in [1.165, 1.54) is 13.2 Å². The number of alkyl halides is 3. The van der Waals surface area contributed by atoms with E-state index in [2.05, 4.69) is 20.5 Å². The number of amides is 1. The highest BCUT2D eigenvalue weighted by atomic mass is 19.4. The van der Waals surface area contributed by atoms with E-state index in [9.17, 15) is 22.4 Å². The van der Waals surface area contributed by atoms with E-state index in [0.717, 1.165) is 29.3 Å². The lowest BCUT2D eigenvalue weighted by Gasteiger charge is -2.11. The summed E-state index contributed by atoms with van der Waals surface area (Å²) in [6.45, 7) is 0.502. The normalized spacial score (nSPS) is 18.3. The van der Waals surface area contributed by atoms with Crippen molar-refractivity contribution in [3.05, 3.63) is 53.0 Å². The fourth-order valence-corrected chi connectivity index (χ4v) is 3.87. The fraction of sp³-hybridized carbons (Fsp3) is 0.400. The van der Waals surface area contributed by atoms with Crippen LogP contribution in [0.1, 0.15) is 58.8 Å². The second-order valence-electron chi connectivity index (χ2n) is 7.89. The molecule has 7 nitrogen and oxygen atoms in total. The molecule has 3 aromatic heterocycles. The Morgan fingerprint density at radius 3 is 2.61 bits per heavy atom. The zero-order valence-corrected chi connectivity index (χ0v) is 16.4. The number of aryl methyl sites for hydroxylation is 2. The number of nitrogens with one attached hydrogen (secondary N) is 1. The third-order valence-corrected chi connectivity index (χ3v) is 5.65. The maximum Gasteiger partial charge on any atom is 0.435 e. The lowest BCUT2D eigenvalue weighted by atomic mass is 10.1. The highest BCUT2D eigenvalue weighted by molar-refractivity contribution is 5.93. The van der Waals surface area contributed by atoms with Crippen LogP contribution in [0.2, 0.25) is 0 Å². The third kappa shape index (κ3) is 3.57. The summed E-state index contributed by atoms with van der Waals surface area (Å²) in [6, 6.07) is 3.69. The number of halogens is 4. The Morgan fingerprint density at radius 2 is 1.94 bits per heavy atom. The van der Waals surface area contributed by atoms with Crippen molar-refractivity contribution in [3.63, 3.8) is 0 Å². The summed E-state index contributed by atoms with van der Waals surface area (Å²) in [5.74, 6) is -0.782. The van der Waals surface area contributed by atoms with Gasteiger partial charge in [-0.15, -0.1) is 0 Å². The van der Waals surface area contributed by atoms with Crippen LogP contribution in [0.3, 0.4) is 0 Å². The minimum atomic E-state index is -4.63. The Hall–Kier alpha value is -3.24. The van der Waals surface area contributed by atoms with Gasteiger partial charge in [-0.3, -0.25) is 19.1 Å². The minimum absolute atomic E-state index is 0.195. The topological polar surface area (TPSA) is 77.6 Å². The molecule has 11 heteroatoms. The first kappa shape index (κ1) is 19.7. The van der Waals surface area contributed by atoms with E-state index < -0.39 is 29.6 Å². The largest absolute Gasteiger partial charge is 0.435 e. The number of pyridine rings is 1. The van der Waals surface area contributed by atoms with Crippen molar-refractivity contribution in [1.29, 1.82) is 0 Å². The van der Waals surface area contributed by atoms with Crippen LogP contribution in [-0.2, 0) is 19.8 Å². The first-order valence-corrected chi connectivity index (χ1v) is 9.86. The lowest BCUT2D eigenvalue weighted by Crippen LogP contribution is -2.28. The molecule has 1 saturated carbocycles. The minimum Gasteiger partial charge on any atom is -0.342 e. The molecule has 31 heavy (non-hydrogen) atoms. The molecule has 0 saturated heterocycles. The molecule has 3 aromatic rings. The van der Waals surface area contributed by atoms with Crippen molar-refractivity contribution in [2.75, 3.05) is 0 Å². The molecule has 1 N–H and O–H groups in total. The van der Waals surface area contributed by atoms with E-state index >= 15 is 0 Å². The van der Waals surface area contributed by atoms with Gasteiger partial charge >= 0.3 is 6.18 Å². The van der Waals surface area contributed by atoms with E-state index in [4.69, 9.17) is 0 Å². The molecule has 0 radical (unpaired) electrons. The lowest BCUT2D eigenvalue weighted by molar-refractivity contribution is -0.141. The van der Waals surface area contributed by atoms with Gasteiger partial charge < -0.3 is 5.32 Å². The summed E-state index contributed by atoms with van der Waals surface area (Å²) < 4.78 is 55.6. The summed E-state index contributed by atoms with van der Waals surface area (Å²) in [6.07, 6.45) is -0.825.